The molecule has 2 aromatic rings. The summed E-state index contributed by atoms with van der Waals surface area (Å²) in [5.41, 5.74) is 7.45. The van der Waals surface area contributed by atoms with Gasteiger partial charge in [0.25, 0.3) is 5.91 Å². The van der Waals surface area contributed by atoms with Crippen molar-refractivity contribution >= 4 is 17.2 Å². The van der Waals surface area contributed by atoms with Crippen molar-refractivity contribution in [2.24, 2.45) is 5.73 Å². The minimum atomic E-state index is 0.00691. The fourth-order valence-electron chi connectivity index (χ4n) is 3.16. The first kappa shape index (κ1) is 17.1. The van der Waals surface area contributed by atoms with E-state index in [1.54, 1.807) is 0 Å². The molecule has 1 aliphatic heterocycles. The summed E-state index contributed by atoms with van der Waals surface area (Å²) in [6, 6.07) is 10.8. The van der Waals surface area contributed by atoms with E-state index in [-0.39, 0.29) is 11.9 Å². The molecule has 128 valence electrons. The second kappa shape index (κ2) is 7.88. The second-order valence-electron chi connectivity index (χ2n) is 6.24. The van der Waals surface area contributed by atoms with Gasteiger partial charge in [0.15, 0.2) is 0 Å². The number of benzene rings is 1. The van der Waals surface area contributed by atoms with Gasteiger partial charge in [-0.25, -0.2) is 4.98 Å². The van der Waals surface area contributed by atoms with Gasteiger partial charge in [-0.05, 0) is 18.4 Å². The minimum Gasteiger partial charge on any atom is -0.337 e. The first-order chi connectivity index (χ1) is 11.7. The second-order valence-corrected chi connectivity index (χ2v) is 7.18. The zero-order valence-electron chi connectivity index (χ0n) is 14.0. The third kappa shape index (κ3) is 4.01. The van der Waals surface area contributed by atoms with Gasteiger partial charge < -0.3 is 10.6 Å². The average Bonchev–Trinajstić information content (AvgIpc) is 3.11. The molecule has 2 heterocycles. The number of thiazole rings is 1. The lowest BCUT2D eigenvalue weighted by atomic mass is 10.0. The fourth-order valence-corrected chi connectivity index (χ4v) is 3.80. The fraction of sp³-hybridized carbons (Fsp3) is 0.444. The van der Waals surface area contributed by atoms with Gasteiger partial charge >= 0.3 is 0 Å². The third-order valence-corrected chi connectivity index (χ3v) is 5.49. The van der Waals surface area contributed by atoms with E-state index in [1.807, 2.05) is 23.4 Å². The van der Waals surface area contributed by atoms with Crippen LogP contribution in [0.1, 0.15) is 33.9 Å². The van der Waals surface area contributed by atoms with Crippen molar-refractivity contribution in [2.75, 3.05) is 20.1 Å². The summed E-state index contributed by atoms with van der Waals surface area (Å²) in [7, 11) is 1.89. The molecule has 2 N–H and O–H groups in total. The van der Waals surface area contributed by atoms with Crippen LogP contribution in [-0.2, 0) is 13.1 Å². The molecule has 0 radical (unpaired) electrons. The Balaban J connectivity index is 1.53. The molecule has 0 spiro atoms. The maximum absolute atomic E-state index is 12.6. The van der Waals surface area contributed by atoms with E-state index in [0.29, 0.717) is 12.2 Å². The van der Waals surface area contributed by atoms with Crippen LogP contribution in [-0.4, -0.2) is 46.9 Å². The highest BCUT2D eigenvalue weighted by molar-refractivity contribution is 7.09. The molecule has 1 saturated heterocycles. The van der Waals surface area contributed by atoms with Crippen LogP contribution in [0.15, 0.2) is 35.7 Å². The maximum Gasteiger partial charge on any atom is 0.273 e. The average molecular weight is 344 g/mol. The smallest absolute Gasteiger partial charge is 0.273 e. The van der Waals surface area contributed by atoms with Crippen LogP contribution in [0.25, 0.3) is 0 Å². The number of hydrogen-bond donors (Lipinski definition) is 1. The van der Waals surface area contributed by atoms with Gasteiger partial charge in [0.1, 0.15) is 10.7 Å². The quantitative estimate of drug-likeness (QED) is 0.904. The Morgan fingerprint density at radius 1 is 1.33 bits per heavy atom. The molecule has 5 nitrogen and oxygen atoms in total. The van der Waals surface area contributed by atoms with Crippen molar-refractivity contribution in [1.29, 1.82) is 0 Å². The molecule has 0 saturated carbocycles. The Hall–Kier alpha value is -1.76. The summed E-state index contributed by atoms with van der Waals surface area (Å²) in [6.45, 7) is 3.40. The van der Waals surface area contributed by atoms with Gasteiger partial charge in [-0.15, -0.1) is 11.3 Å². The molecular weight excluding hydrogens is 320 g/mol. The highest BCUT2D eigenvalue weighted by Crippen LogP contribution is 2.20. The standard InChI is InChI=1S/C18H24N4OS/c1-21(18(23)16-13-24-17(11-19)20-16)15-7-9-22(10-8-15)12-14-5-3-2-4-6-14/h2-6,13,15H,7-12,19H2,1H3. The number of nitrogens with two attached hydrogens (primary N) is 1. The first-order valence-electron chi connectivity index (χ1n) is 8.35. The lowest BCUT2D eigenvalue weighted by Crippen LogP contribution is -2.45. The van der Waals surface area contributed by atoms with Crippen LogP contribution >= 0.6 is 11.3 Å². The van der Waals surface area contributed by atoms with Gasteiger partial charge in [0.05, 0.1) is 0 Å². The SMILES string of the molecule is CN(C(=O)c1csc(CN)n1)C1CCN(Cc2ccccc2)CC1. The van der Waals surface area contributed by atoms with Gasteiger partial charge in [-0.3, -0.25) is 9.69 Å². The van der Waals surface area contributed by atoms with Gasteiger partial charge in [-0.1, -0.05) is 30.3 Å². The molecule has 0 unspecified atom stereocenters. The van der Waals surface area contributed by atoms with E-state index in [0.717, 1.165) is 37.5 Å². The largest absolute Gasteiger partial charge is 0.337 e. The molecule has 24 heavy (non-hydrogen) atoms. The van der Waals surface area contributed by atoms with Crippen LogP contribution in [0.3, 0.4) is 0 Å². The summed E-state index contributed by atoms with van der Waals surface area (Å²) in [5.74, 6) is 0.00691. The van der Waals surface area contributed by atoms with E-state index >= 15 is 0 Å². The monoisotopic (exact) mass is 344 g/mol. The lowest BCUT2D eigenvalue weighted by molar-refractivity contribution is 0.0631. The normalized spacial score (nSPS) is 16.2. The maximum atomic E-state index is 12.6. The number of amides is 1. The number of hydrogen-bond acceptors (Lipinski definition) is 5. The Morgan fingerprint density at radius 3 is 2.67 bits per heavy atom. The molecular formula is C18H24N4OS. The molecule has 1 aromatic carbocycles. The molecule has 3 rings (SSSR count). The first-order valence-corrected chi connectivity index (χ1v) is 9.23. The van der Waals surface area contributed by atoms with Crippen molar-refractivity contribution in [3.05, 3.63) is 52.0 Å². The van der Waals surface area contributed by atoms with E-state index in [1.165, 1.54) is 16.9 Å². The van der Waals surface area contributed by atoms with Crippen LogP contribution in [0.5, 0.6) is 0 Å². The van der Waals surface area contributed by atoms with Crippen molar-refractivity contribution in [2.45, 2.75) is 32.0 Å². The number of rotatable bonds is 5. The van der Waals surface area contributed by atoms with E-state index in [4.69, 9.17) is 5.73 Å². The minimum absolute atomic E-state index is 0.00691. The van der Waals surface area contributed by atoms with Crippen molar-refractivity contribution in [3.63, 3.8) is 0 Å². The molecule has 0 bridgehead atoms. The van der Waals surface area contributed by atoms with E-state index in [9.17, 15) is 4.79 Å². The zero-order chi connectivity index (χ0) is 16.9. The molecule has 1 aromatic heterocycles. The summed E-state index contributed by atoms with van der Waals surface area (Å²) < 4.78 is 0. The topological polar surface area (TPSA) is 62.5 Å². The third-order valence-electron chi connectivity index (χ3n) is 4.62. The summed E-state index contributed by atoms with van der Waals surface area (Å²) in [5, 5.41) is 2.62. The summed E-state index contributed by atoms with van der Waals surface area (Å²) >= 11 is 1.45. The Morgan fingerprint density at radius 2 is 2.04 bits per heavy atom. The molecule has 6 heteroatoms. The predicted octanol–water partition coefficient (Wildman–Crippen LogP) is 2.34. The van der Waals surface area contributed by atoms with Gasteiger partial charge in [0.2, 0.25) is 0 Å². The van der Waals surface area contributed by atoms with Crippen LogP contribution in [0.2, 0.25) is 0 Å². The number of aromatic nitrogens is 1. The van der Waals surface area contributed by atoms with Crippen LogP contribution < -0.4 is 5.73 Å². The summed E-state index contributed by atoms with van der Waals surface area (Å²) in [4.78, 5) is 21.2. The molecule has 0 atom stereocenters. The lowest BCUT2D eigenvalue weighted by Gasteiger charge is -2.36. The van der Waals surface area contributed by atoms with Gasteiger partial charge in [-0.2, -0.15) is 0 Å². The zero-order valence-corrected chi connectivity index (χ0v) is 14.8. The number of likely N-dealkylation sites (tertiary alicyclic amines) is 1. The van der Waals surface area contributed by atoms with Crippen molar-refractivity contribution in [3.8, 4) is 0 Å². The Bertz CT molecular complexity index is 665. The predicted molar refractivity (Wildman–Crippen MR) is 96.8 cm³/mol. The number of piperidine rings is 1. The van der Waals surface area contributed by atoms with Crippen molar-refractivity contribution in [1.82, 2.24) is 14.8 Å². The summed E-state index contributed by atoms with van der Waals surface area (Å²) in [6.07, 6.45) is 2.01. The highest BCUT2D eigenvalue weighted by Gasteiger charge is 2.27. The number of nitrogens with zero attached hydrogens (tertiary/aromatic N) is 3. The molecule has 1 aliphatic rings. The van der Waals surface area contributed by atoms with Crippen LogP contribution in [0, 0.1) is 0 Å². The van der Waals surface area contributed by atoms with Gasteiger partial charge in [0, 0.05) is 44.6 Å². The van der Waals surface area contributed by atoms with Crippen molar-refractivity contribution < 1.29 is 4.79 Å². The van der Waals surface area contributed by atoms with E-state index in [2.05, 4.69) is 34.1 Å². The Kier molecular flexibility index (Phi) is 5.60. The number of carbonyl (C=O) groups is 1. The van der Waals surface area contributed by atoms with Crippen LogP contribution in [0.4, 0.5) is 0 Å². The van der Waals surface area contributed by atoms with E-state index < -0.39 is 0 Å². The molecule has 0 aliphatic carbocycles. The Labute approximate surface area is 147 Å². The molecule has 1 fully saturated rings. The molecule has 1 amide bonds. The number of carbonyl (C=O) groups excluding carboxylic acids is 1. The highest BCUT2D eigenvalue weighted by atomic mass is 32.1.